The second-order valence-electron chi connectivity index (χ2n) is 3.98. The number of hydrogen-bond donors (Lipinski definition) is 1. The normalized spacial score (nSPS) is 13.3. The van der Waals surface area contributed by atoms with Crippen LogP contribution in [0.1, 0.15) is 11.4 Å². The number of benzene rings is 1. The minimum atomic E-state index is -1.68. The summed E-state index contributed by atoms with van der Waals surface area (Å²) in [5, 5.41) is 0. The molecule has 1 aromatic heterocycles. The molecule has 0 spiro atoms. The van der Waals surface area contributed by atoms with Crippen molar-refractivity contribution in [2.75, 3.05) is 0 Å². The molecule has 0 saturated carbocycles. The summed E-state index contributed by atoms with van der Waals surface area (Å²) in [6.45, 7) is 0. The van der Waals surface area contributed by atoms with E-state index < -0.39 is 10.0 Å². The van der Waals surface area contributed by atoms with E-state index in [1.807, 2.05) is 18.2 Å². The SMILES string of the molecule is NC(Oc1ccc(/C=C/c2ncncn2)cc1)C(Cl)(Cl)Cl. The van der Waals surface area contributed by atoms with E-state index in [9.17, 15) is 0 Å². The summed E-state index contributed by atoms with van der Waals surface area (Å²) in [5.41, 5.74) is 6.54. The van der Waals surface area contributed by atoms with Crippen molar-refractivity contribution in [3.8, 4) is 5.75 Å². The molecule has 0 radical (unpaired) electrons. The summed E-state index contributed by atoms with van der Waals surface area (Å²) in [5.74, 6) is 1.08. The molecule has 0 saturated heterocycles. The van der Waals surface area contributed by atoms with E-state index in [0.29, 0.717) is 11.6 Å². The molecule has 1 aromatic carbocycles. The highest BCUT2D eigenvalue weighted by Gasteiger charge is 2.31. The average Bonchev–Trinajstić information content (AvgIpc) is 2.46. The summed E-state index contributed by atoms with van der Waals surface area (Å²) >= 11 is 16.9. The van der Waals surface area contributed by atoms with Crippen LogP contribution in [0.2, 0.25) is 0 Å². The molecule has 0 fully saturated rings. The Labute approximate surface area is 136 Å². The van der Waals surface area contributed by atoms with Gasteiger partial charge in [0.1, 0.15) is 18.4 Å². The smallest absolute Gasteiger partial charge is 0.240 e. The van der Waals surface area contributed by atoms with Crippen molar-refractivity contribution in [2.24, 2.45) is 5.73 Å². The highest BCUT2D eigenvalue weighted by atomic mass is 35.6. The van der Waals surface area contributed by atoms with E-state index in [2.05, 4.69) is 15.0 Å². The first-order valence-electron chi connectivity index (χ1n) is 5.84. The van der Waals surface area contributed by atoms with Crippen molar-refractivity contribution in [1.29, 1.82) is 0 Å². The third-order valence-electron chi connectivity index (χ3n) is 2.40. The Morgan fingerprint density at radius 1 is 1.05 bits per heavy atom. The van der Waals surface area contributed by atoms with Crippen LogP contribution in [0.4, 0.5) is 0 Å². The van der Waals surface area contributed by atoms with Crippen LogP contribution in [-0.2, 0) is 0 Å². The van der Waals surface area contributed by atoms with Gasteiger partial charge in [-0.2, -0.15) is 0 Å². The molecule has 110 valence electrons. The largest absolute Gasteiger partial charge is 0.471 e. The van der Waals surface area contributed by atoms with Crippen LogP contribution < -0.4 is 10.5 Å². The zero-order chi connectivity index (χ0) is 15.3. The number of rotatable bonds is 4. The molecule has 2 aromatic rings. The van der Waals surface area contributed by atoms with Crippen LogP contribution in [0, 0.1) is 0 Å². The van der Waals surface area contributed by atoms with Crippen molar-refractivity contribution in [2.45, 2.75) is 10.0 Å². The van der Waals surface area contributed by atoms with Crippen LogP contribution >= 0.6 is 34.8 Å². The molecule has 0 aliphatic carbocycles. The number of aromatic nitrogens is 3. The van der Waals surface area contributed by atoms with E-state index in [1.54, 1.807) is 18.2 Å². The zero-order valence-corrected chi connectivity index (χ0v) is 12.9. The summed E-state index contributed by atoms with van der Waals surface area (Å²) in [4.78, 5) is 11.7. The molecule has 1 heterocycles. The van der Waals surface area contributed by atoms with Gasteiger partial charge in [0, 0.05) is 0 Å². The Morgan fingerprint density at radius 2 is 1.67 bits per heavy atom. The number of alkyl halides is 3. The fourth-order valence-corrected chi connectivity index (χ4v) is 1.51. The maximum absolute atomic E-state index is 5.63. The molecule has 2 rings (SSSR count). The Hall–Kier alpha value is -1.40. The lowest BCUT2D eigenvalue weighted by Gasteiger charge is -2.21. The first kappa shape index (κ1) is 16.0. The van der Waals surface area contributed by atoms with Crippen LogP contribution in [0.3, 0.4) is 0 Å². The topological polar surface area (TPSA) is 73.9 Å². The Balaban J connectivity index is 2.01. The predicted octanol–water partition coefficient (Wildman–Crippen LogP) is 3.08. The van der Waals surface area contributed by atoms with Crippen molar-refractivity contribution in [3.63, 3.8) is 0 Å². The lowest BCUT2D eigenvalue weighted by Crippen LogP contribution is -2.40. The van der Waals surface area contributed by atoms with Crippen molar-refractivity contribution < 1.29 is 4.74 Å². The second-order valence-corrected chi connectivity index (χ2v) is 6.35. The molecule has 2 N–H and O–H groups in total. The van der Waals surface area contributed by atoms with Gasteiger partial charge < -0.3 is 4.74 Å². The summed E-state index contributed by atoms with van der Waals surface area (Å²) in [6.07, 6.45) is 5.44. The molecular weight excluding hydrogens is 335 g/mol. The molecule has 5 nitrogen and oxygen atoms in total. The first-order chi connectivity index (χ1) is 9.95. The third kappa shape index (κ3) is 5.13. The number of nitrogens with two attached hydrogens (primary N) is 1. The van der Waals surface area contributed by atoms with Crippen molar-refractivity contribution in [3.05, 3.63) is 48.3 Å². The van der Waals surface area contributed by atoms with Gasteiger partial charge in [0.2, 0.25) is 3.79 Å². The molecule has 0 bridgehead atoms. The average molecular weight is 346 g/mol. The van der Waals surface area contributed by atoms with Crippen molar-refractivity contribution in [1.82, 2.24) is 15.0 Å². The van der Waals surface area contributed by atoms with Gasteiger partial charge in [-0.3, -0.25) is 5.73 Å². The van der Waals surface area contributed by atoms with Gasteiger partial charge in [-0.15, -0.1) is 0 Å². The highest BCUT2D eigenvalue weighted by Crippen LogP contribution is 2.30. The Bertz CT molecular complexity index is 599. The lowest BCUT2D eigenvalue weighted by atomic mass is 10.2. The fraction of sp³-hybridized carbons (Fsp3) is 0.154. The van der Waals surface area contributed by atoms with Crippen molar-refractivity contribution >= 4 is 47.0 Å². The van der Waals surface area contributed by atoms with Crippen LogP contribution in [0.25, 0.3) is 12.2 Å². The summed E-state index contributed by atoms with van der Waals surface area (Å²) in [7, 11) is 0. The molecule has 8 heteroatoms. The van der Waals surface area contributed by atoms with Crippen LogP contribution in [0.5, 0.6) is 5.75 Å². The zero-order valence-electron chi connectivity index (χ0n) is 10.7. The molecule has 1 unspecified atom stereocenters. The van der Waals surface area contributed by atoms with E-state index in [1.165, 1.54) is 12.7 Å². The molecule has 0 aliphatic heterocycles. The molecule has 21 heavy (non-hydrogen) atoms. The van der Waals surface area contributed by atoms with Gasteiger partial charge >= 0.3 is 0 Å². The number of hydrogen-bond acceptors (Lipinski definition) is 5. The predicted molar refractivity (Wildman–Crippen MR) is 84.1 cm³/mol. The Kier molecular flexibility index (Phi) is 5.36. The number of halogens is 3. The van der Waals surface area contributed by atoms with Gasteiger partial charge in [-0.05, 0) is 23.8 Å². The Morgan fingerprint density at radius 3 is 2.24 bits per heavy atom. The summed E-state index contributed by atoms with van der Waals surface area (Å²) in [6, 6.07) is 7.11. The van der Waals surface area contributed by atoms with Crippen LogP contribution in [0.15, 0.2) is 36.9 Å². The maximum atomic E-state index is 5.63. The van der Waals surface area contributed by atoms with E-state index in [4.69, 9.17) is 45.3 Å². The number of ether oxygens (including phenoxy) is 1. The van der Waals surface area contributed by atoms with E-state index in [-0.39, 0.29) is 0 Å². The summed E-state index contributed by atoms with van der Waals surface area (Å²) < 4.78 is 3.64. The quantitative estimate of drug-likeness (QED) is 0.681. The van der Waals surface area contributed by atoms with Gasteiger partial charge in [0.15, 0.2) is 12.1 Å². The number of nitrogens with zero attached hydrogens (tertiary/aromatic N) is 3. The van der Waals surface area contributed by atoms with Gasteiger partial charge in [-0.25, -0.2) is 15.0 Å². The first-order valence-corrected chi connectivity index (χ1v) is 6.97. The van der Waals surface area contributed by atoms with E-state index in [0.717, 1.165) is 5.56 Å². The molecule has 0 amide bonds. The molecule has 1 atom stereocenters. The minimum absolute atomic E-state index is 0.506. The third-order valence-corrected chi connectivity index (χ3v) is 3.05. The second kappa shape index (κ2) is 7.04. The minimum Gasteiger partial charge on any atom is -0.471 e. The maximum Gasteiger partial charge on any atom is 0.240 e. The lowest BCUT2D eigenvalue weighted by molar-refractivity contribution is 0.214. The fourth-order valence-electron chi connectivity index (χ4n) is 1.38. The standard InChI is InChI=1S/C13H11Cl3N4O/c14-13(15,16)12(17)21-10-4-1-9(2-5-10)3-6-11-19-7-18-8-20-11/h1-8,12H,17H2/b6-3+. The highest BCUT2D eigenvalue weighted by molar-refractivity contribution is 6.68. The van der Waals surface area contributed by atoms with Gasteiger partial charge in [0.05, 0.1) is 0 Å². The monoisotopic (exact) mass is 344 g/mol. The van der Waals surface area contributed by atoms with E-state index >= 15 is 0 Å². The molecular formula is C13H11Cl3N4O. The van der Waals surface area contributed by atoms with Crippen LogP contribution in [-0.4, -0.2) is 25.0 Å². The van der Waals surface area contributed by atoms with Gasteiger partial charge in [0.25, 0.3) is 0 Å². The molecule has 0 aliphatic rings. The van der Waals surface area contributed by atoms with Gasteiger partial charge in [-0.1, -0.05) is 53.0 Å².